The molecule has 0 unspecified atom stereocenters. The third-order valence-electron chi connectivity index (χ3n) is 2.78. The Morgan fingerprint density at radius 1 is 1.29 bits per heavy atom. The van der Waals surface area contributed by atoms with Gasteiger partial charge in [0.2, 0.25) is 5.09 Å². The molecule has 0 radical (unpaired) electrons. The van der Waals surface area contributed by atoms with E-state index >= 15 is 0 Å². The number of sulfonamides is 1. The summed E-state index contributed by atoms with van der Waals surface area (Å²) >= 11 is 0. The second-order valence-corrected chi connectivity index (χ2v) is 6.30. The predicted octanol–water partition coefficient (Wildman–Crippen LogP) is 2.28. The van der Waals surface area contributed by atoms with E-state index in [2.05, 4.69) is 21.9 Å². The molecule has 0 aliphatic carbocycles. The molecular formula is C14H19N3O3S. The molecule has 2 heterocycles. The molecule has 2 rings (SSSR count). The molecule has 2 N–H and O–H groups in total. The zero-order valence-electron chi connectivity index (χ0n) is 12.1. The standard InChI is InChI=1S/C14H19N3O3S/c1-3-7-15-10-13-4-5-14(20-13)21(18,19)17-12-6-8-16-11(2)9-12/h4-6,8-9,15H,3,7,10H2,1-2H3,(H,16,17). The zero-order valence-corrected chi connectivity index (χ0v) is 12.9. The van der Waals surface area contributed by atoms with Crippen LogP contribution in [0.15, 0.2) is 40.0 Å². The van der Waals surface area contributed by atoms with E-state index in [1.807, 2.05) is 0 Å². The van der Waals surface area contributed by atoms with Gasteiger partial charge in [0.05, 0.1) is 12.2 Å². The number of nitrogens with zero attached hydrogens (tertiary/aromatic N) is 1. The van der Waals surface area contributed by atoms with E-state index in [0.29, 0.717) is 18.0 Å². The van der Waals surface area contributed by atoms with Crippen LogP contribution in [0.5, 0.6) is 0 Å². The number of rotatable bonds is 7. The molecule has 0 aliphatic heterocycles. The molecule has 0 amide bonds. The molecule has 0 spiro atoms. The van der Waals surface area contributed by atoms with Gasteiger partial charge in [0.15, 0.2) is 0 Å². The van der Waals surface area contributed by atoms with E-state index < -0.39 is 10.0 Å². The van der Waals surface area contributed by atoms with Crippen LogP contribution in [0.3, 0.4) is 0 Å². The summed E-state index contributed by atoms with van der Waals surface area (Å²) in [7, 11) is -3.71. The quantitative estimate of drug-likeness (QED) is 0.767. The molecule has 0 saturated heterocycles. The normalized spacial score (nSPS) is 11.5. The average molecular weight is 309 g/mol. The first-order valence-corrected chi connectivity index (χ1v) is 8.24. The summed E-state index contributed by atoms with van der Waals surface area (Å²) in [6, 6.07) is 6.37. The molecule has 2 aromatic heterocycles. The minimum absolute atomic E-state index is 0.0923. The Balaban J connectivity index is 2.09. The maximum Gasteiger partial charge on any atom is 0.295 e. The lowest BCUT2D eigenvalue weighted by Crippen LogP contribution is -2.14. The van der Waals surface area contributed by atoms with Crippen LogP contribution in [-0.2, 0) is 16.6 Å². The highest BCUT2D eigenvalue weighted by molar-refractivity contribution is 7.92. The van der Waals surface area contributed by atoms with E-state index in [4.69, 9.17) is 4.42 Å². The molecule has 0 bridgehead atoms. The molecule has 0 aromatic carbocycles. The predicted molar refractivity (Wildman–Crippen MR) is 80.5 cm³/mol. The van der Waals surface area contributed by atoms with Crippen molar-refractivity contribution in [2.75, 3.05) is 11.3 Å². The fourth-order valence-corrected chi connectivity index (χ4v) is 2.80. The molecule has 0 atom stereocenters. The topological polar surface area (TPSA) is 84.2 Å². The summed E-state index contributed by atoms with van der Waals surface area (Å²) in [6.07, 6.45) is 2.56. The number of hydrogen-bond donors (Lipinski definition) is 2. The van der Waals surface area contributed by atoms with Gasteiger partial charge in [-0.15, -0.1) is 0 Å². The van der Waals surface area contributed by atoms with E-state index in [1.165, 1.54) is 6.07 Å². The molecule has 0 fully saturated rings. The SMILES string of the molecule is CCCNCc1ccc(S(=O)(=O)Nc2ccnc(C)c2)o1. The monoisotopic (exact) mass is 309 g/mol. The Labute approximate surface area is 124 Å². The highest BCUT2D eigenvalue weighted by Gasteiger charge is 2.19. The third-order valence-corrected chi connectivity index (χ3v) is 4.03. The van der Waals surface area contributed by atoms with Crippen LogP contribution in [0.2, 0.25) is 0 Å². The van der Waals surface area contributed by atoms with Crippen molar-refractivity contribution < 1.29 is 12.8 Å². The lowest BCUT2D eigenvalue weighted by Gasteiger charge is -2.06. The Hall–Kier alpha value is -1.86. The summed E-state index contributed by atoms with van der Waals surface area (Å²) < 4.78 is 32.3. The maximum atomic E-state index is 12.2. The highest BCUT2D eigenvalue weighted by Crippen LogP contribution is 2.18. The summed E-state index contributed by atoms with van der Waals surface area (Å²) in [5, 5.41) is 3.06. The second-order valence-electron chi connectivity index (χ2n) is 4.69. The van der Waals surface area contributed by atoms with Gasteiger partial charge in [-0.3, -0.25) is 9.71 Å². The first-order chi connectivity index (χ1) is 10.0. The van der Waals surface area contributed by atoms with Crippen molar-refractivity contribution in [3.8, 4) is 0 Å². The summed E-state index contributed by atoms with van der Waals surface area (Å²) in [5.41, 5.74) is 1.20. The number of aryl methyl sites for hydroxylation is 1. The van der Waals surface area contributed by atoms with Gasteiger partial charge in [-0.25, -0.2) is 0 Å². The first kappa shape index (κ1) is 15.5. The van der Waals surface area contributed by atoms with Crippen LogP contribution >= 0.6 is 0 Å². The van der Waals surface area contributed by atoms with Gasteiger partial charge in [0, 0.05) is 11.9 Å². The van der Waals surface area contributed by atoms with Gasteiger partial charge >= 0.3 is 0 Å². The minimum Gasteiger partial charge on any atom is -0.446 e. The minimum atomic E-state index is -3.71. The van der Waals surface area contributed by atoms with Crippen LogP contribution in [0.4, 0.5) is 5.69 Å². The average Bonchev–Trinajstić information content (AvgIpc) is 2.88. The second kappa shape index (κ2) is 6.73. The Kier molecular flexibility index (Phi) is 4.98. The first-order valence-electron chi connectivity index (χ1n) is 6.76. The summed E-state index contributed by atoms with van der Waals surface area (Å²) in [4.78, 5) is 4.02. The molecule has 7 heteroatoms. The number of aromatic nitrogens is 1. The van der Waals surface area contributed by atoms with Gasteiger partial charge in [-0.1, -0.05) is 6.92 Å². The smallest absolute Gasteiger partial charge is 0.295 e. The van der Waals surface area contributed by atoms with E-state index in [9.17, 15) is 8.42 Å². The molecule has 0 aliphatic rings. The Morgan fingerprint density at radius 3 is 2.81 bits per heavy atom. The molecule has 6 nitrogen and oxygen atoms in total. The van der Waals surface area contributed by atoms with Crippen molar-refractivity contribution in [2.45, 2.75) is 31.9 Å². The third kappa shape index (κ3) is 4.30. The van der Waals surface area contributed by atoms with E-state index in [0.717, 1.165) is 18.7 Å². The van der Waals surface area contributed by atoms with Crippen molar-refractivity contribution in [2.24, 2.45) is 0 Å². The van der Waals surface area contributed by atoms with Crippen LogP contribution in [0, 0.1) is 6.92 Å². The number of hydrogen-bond acceptors (Lipinski definition) is 5. The Morgan fingerprint density at radius 2 is 2.10 bits per heavy atom. The van der Waals surface area contributed by atoms with Crippen molar-refractivity contribution in [3.63, 3.8) is 0 Å². The fraction of sp³-hybridized carbons (Fsp3) is 0.357. The van der Waals surface area contributed by atoms with Crippen molar-refractivity contribution in [1.29, 1.82) is 0 Å². The molecule has 2 aromatic rings. The number of anilines is 1. The number of nitrogens with one attached hydrogen (secondary N) is 2. The number of furan rings is 1. The largest absolute Gasteiger partial charge is 0.446 e. The van der Waals surface area contributed by atoms with Crippen LogP contribution in [0.1, 0.15) is 24.8 Å². The van der Waals surface area contributed by atoms with E-state index in [-0.39, 0.29) is 5.09 Å². The molecular weight excluding hydrogens is 290 g/mol. The molecule has 114 valence electrons. The van der Waals surface area contributed by atoms with Crippen molar-refractivity contribution >= 4 is 15.7 Å². The van der Waals surface area contributed by atoms with Crippen LogP contribution in [0.25, 0.3) is 0 Å². The maximum absolute atomic E-state index is 12.2. The summed E-state index contributed by atoms with van der Waals surface area (Å²) in [6.45, 7) is 5.23. The molecule has 21 heavy (non-hydrogen) atoms. The van der Waals surface area contributed by atoms with Crippen LogP contribution in [-0.4, -0.2) is 19.9 Å². The zero-order chi connectivity index (χ0) is 15.3. The van der Waals surface area contributed by atoms with Gasteiger partial charge < -0.3 is 9.73 Å². The van der Waals surface area contributed by atoms with Crippen LogP contribution < -0.4 is 10.0 Å². The fourth-order valence-electron chi connectivity index (χ4n) is 1.80. The van der Waals surface area contributed by atoms with Gasteiger partial charge in [0.1, 0.15) is 5.76 Å². The van der Waals surface area contributed by atoms with Gasteiger partial charge in [-0.05, 0) is 44.2 Å². The molecule has 0 saturated carbocycles. The van der Waals surface area contributed by atoms with E-state index in [1.54, 1.807) is 31.3 Å². The van der Waals surface area contributed by atoms with Crippen molar-refractivity contribution in [3.05, 3.63) is 41.9 Å². The highest BCUT2D eigenvalue weighted by atomic mass is 32.2. The van der Waals surface area contributed by atoms with Crippen molar-refractivity contribution in [1.82, 2.24) is 10.3 Å². The number of pyridine rings is 1. The lowest BCUT2D eigenvalue weighted by molar-refractivity contribution is 0.403. The lowest BCUT2D eigenvalue weighted by atomic mass is 10.3. The summed E-state index contributed by atoms with van der Waals surface area (Å²) in [5.74, 6) is 0.592. The Bertz CT molecular complexity index is 695. The van der Waals surface area contributed by atoms with Gasteiger partial charge in [-0.2, -0.15) is 8.42 Å². The van der Waals surface area contributed by atoms with Gasteiger partial charge in [0.25, 0.3) is 10.0 Å².